The van der Waals surface area contributed by atoms with Gasteiger partial charge in [-0.15, -0.1) is 0 Å². The Morgan fingerprint density at radius 2 is 2.00 bits per heavy atom. The van der Waals surface area contributed by atoms with Crippen LogP contribution in [-0.4, -0.2) is 31.8 Å². The molecule has 0 aromatic heterocycles. The molecule has 104 valence electrons. The van der Waals surface area contributed by atoms with E-state index in [0.717, 1.165) is 31.9 Å². The topological polar surface area (TPSA) is 59.6 Å². The van der Waals surface area contributed by atoms with Crippen LogP contribution in [0.25, 0.3) is 0 Å². The first-order valence-electron chi connectivity index (χ1n) is 7.50. The molecule has 1 heterocycles. The third-order valence-electron chi connectivity index (χ3n) is 4.07. The molecular weight excluding hydrogens is 226 g/mol. The number of hydrogen-bond acceptors (Lipinski definition) is 2. The Bertz CT molecular complexity index is 256. The van der Waals surface area contributed by atoms with Crippen LogP contribution in [0.5, 0.6) is 0 Å². The molecule has 18 heavy (non-hydrogen) atoms. The quantitative estimate of drug-likeness (QED) is 0.582. The van der Waals surface area contributed by atoms with Gasteiger partial charge >= 0.3 is 0 Å². The van der Waals surface area contributed by atoms with Crippen LogP contribution in [-0.2, 0) is 4.74 Å². The number of nitrogens with two attached hydrogens (primary N) is 1. The minimum atomic E-state index is 0.295. The lowest BCUT2D eigenvalue weighted by Crippen LogP contribution is -2.34. The van der Waals surface area contributed by atoms with Crippen LogP contribution in [0.15, 0.2) is 4.99 Å². The molecular formula is C14H27N3O. The predicted octanol–water partition coefficient (Wildman–Crippen LogP) is 2.04. The Hall–Kier alpha value is -0.770. The van der Waals surface area contributed by atoms with Crippen molar-refractivity contribution in [2.24, 2.45) is 16.6 Å². The minimum absolute atomic E-state index is 0.295. The van der Waals surface area contributed by atoms with Gasteiger partial charge in [0.25, 0.3) is 0 Å². The molecule has 2 aliphatic rings. The summed E-state index contributed by atoms with van der Waals surface area (Å²) >= 11 is 0. The second kappa shape index (κ2) is 7.62. The van der Waals surface area contributed by atoms with Crippen LogP contribution in [0, 0.1) is 5.92 Å². The van der Waals surface area contributed by atoms with Crippen molar-refractivity contribution in [2.45, 2.75) is 57.5 Å². The molecule has 0 aromatic carbocycles. The van der Waals surface area contributed by atoms with Crippen molar-refractivity contribution in [1.29, 1.82) is 0 Å². The molecule has 0 radical (unpaired) electrons. The molecule has 1 aliphatic heterocycles. The second-order valence-corrected chi connectivity index (χ2v) is 5.58. The van der Waals surface area contributed by atoms with E-state index < -0.39 is 0 Å². The average Bonchev–Trinajstić information content (AvgIpc) is 2.91. The number of rotatable bonds is 5. The summed E-state index contributed by atoms with van der Waals surface area (Å²) in [5.74, 6) is 1.48. The van der Waals surface area contributed by atoms with Gasteiger partial charge in [0, 0.05) is 13.2 Å². The Labute approximate surface area is 110 Å². The lowest BCUT2D eigenvalue weighted by molar-refractivity contribution is 0.117. The molecule has 3 N–H and O–H groups in total. The minimum Gasteiger partial charge on any atom is -0.376 e. The first-order valence-corrected chi connectivity index (χ1v) is 7.50. The molecule has 0 amide bonds. The Balaban J connectivity index is 1.55. The number of hydrogen-bond donors (Lipinski definition) is 2. The molecule has 2 rings (SSSR count). The van der Waals surface area contributed by atoms with E-state index in [4.69, 9.17) is 10.5 Å². The molecule has 1 saturated heterocycles. The number of aliphatic imine (C=N–C) groups is 1. The summed E-state index contributed by atoms with van der Waals surface area (Å²) in [5.41, 5.74) is 5.85. The summed E-state index contributed by atoms with van der Waals surface area (Å²) < 4.78 is 5.51. The number of guanidine groups is 1. The fourth-order valence-electron chi connectivity index (χ4n) is 2.92. The van der Waals surface area contributed by atoms with Gasteiger partial charge < -0.3 is 15.8 Å². The highest BCUT2D eigenvalue weighted by Gasteiger charge is 2.15. The molecule has 0 spiro atoms. The van der Waals surface area contributed by atoms with E-state index in [-0.39, 0.29) is 0 Å². The zero-order chi connectivity index (χ0) is 12.6. The monoisotopic (exact) mass is 253 g/mol. The van der Waals surface area contributed by atoms with Crippen molar-refractivity contribution in [3.05, 3.63) is 0 Å². The molecule has 1 atom stereocenters. The summed E-state index contributed by atoms with van der Waals surface area (Å²) in [5, 5.41) is 3.23. The van der Waals surface area contributed by atoms with Gasteiger partial charge in [-0.2, -0.15) is 0 Å². The van der Waals surface area contributed by atoms with Gasteiger partial charge in [0.1, 0.15) is 0 Å². The standard InChI is InChI=1S/C14H27N3O/c15-14(17-11-13-7-4-10-18-13)16-9-8-12-5-2-1-3-6-12/h12-13H,1-11H2,(H3,15,16,17). The normalized spacial score (nSPS) is 26.4. The summed E-state index contributed by atoms with van der Waals surface area (Å²) in [6.07, 6.45) is 10.9. The van der Waals surface area contributed by atoms with Gasteiger partial charge in [-0.25, -0.2) is 0 Å². The summed E-state index contributed by atoms with van der Waals surface area (Å²) in [6, 6.07) is 0. The summed E-state index contributed by atoms with van der Waals surface area (Å²) in [7, 11) is 0. The van der Waals surface area contributed by atoms with E-state index in [1.54, 1.807) is 0 Å². The number of nitrogens with zero attached hydrogens (tertiary/aromatic N) is 1. The van der Waals surface area contributed by atoms with E-state index in [2.05, 4.69) is 10.3 Å². The zero-order valence-electron chi connectivity index (χ0n) is 11.4. The zero-order valence-corrected chi connectivity index (χ0v) is 11.4. The Morgan fingerprint density at radius 1 is 1.17 bits per heavy atom. The molecule has 1 unspecified atom stereocenters. The van der Waals surface area contributed by atoms with Gasteiger partial charge in [0.05, 0.1) is 12.6 Å². The SMILES string of the molecule is NC(=NCC1CCCO1)NCCC1CCCCC1. The van der Waals surface area contributed by atoms with Crippen LogP contribution in [0.1, 0.15) is 51.4 Å². The third-order valence-corrected chi connectivity index (χ3v) is 4.07. The van der Waals surface area contributed by atoms with Gasteiger partial charge in [-0.05, 0) is 25.2 Å². The van der Waals surface area contributed by atoms with Crippen molar-refractivity contribution in [3.8, 4) is 0 Å². The predicted molar refractivity (Wildman–Crippen MR) is 74.7 cm³/mol. The van der Waals surface area contributed by atoms with E-state index in [0.29, 0.717) is 18.6 Å². The number of ether oxygens (including phenoxy) is 1. The van der Waals surface area contributed by atoms with E-state index >= 15 is 0 Å². The van der Waals surface area contributed by atoms with Crippen LogP contribution < -0.4 is 11.1 Å². The van der Waals surface area contributed by atoms with Gasteiger partial charge in [-0.1, -0.05) is 32.1 Å². The van der Waals surface area contributed by atoms with Gasteiger partial charge in [0.15, 0.2) is 5.96 Å². The largest absolute Gasteiger partial charge is 0.376 e. The van der Waals surface area contributed by atoms with E-state index in [1.807, 2.05) is 0 Å². The highest BCUT2D eigenvalue weighted by Crippen LogP contribution is 2.25. The van der Waals surface area contributed by atoms with Gasteiger partial charge in [-0.3, -0.25) is 4.99 Å². The highest BCUT2D eigenvalue weighted by molar-refractivity contribution is 5.77. The molecule has 4 heteroatoms. The van der Waals surface area contributed by atoms with Crippen LogP contribution in [0.2, 0.25) is 0 Å². The van der Waals surface area contributed by atoms with Crippen LogP contribution in [0.4, 0.5) is 0 Å². The van der Waals surface area contributed by atoms with Crippen LogP contribution in [0.3, 0.4) is 0 Å². The fraction of sp³-hybridized carbons (Fsp3) is 0.929. The third kappa shape index (κ3) is 4.84. The molecule has 2 fully saturated rings. The van der Waals surface area contributed by atoms with Crippen LogP contribution >= 0.6 is 0 Å². The van der Waals surface area contributed by atoms with Crippen molar-refractivity contribution in [2.75, 3.05) is 19.7 Å². The lowest BCUT2D eigenvalue weighted by atomic mass is 9.87. The lowest BCUT2D eigenvalue weighted by Gasteiger charge is -2.21. The average molecular weight is 253 g/mol. The Morgan fingerprint density at radius 3 is 2.72 bits per heavy atom. The first kappa shape index (κ1) is 13.7. The molecule has 4 nitrogen and oxygen atoms in total. The van der Waals surface area contributed by atoms with Crippen molar-refractivity contribution < 1.29 is 4.74 Å². The smallest absolute Gasteiger partial charge is 0.188 e. The second-order valence-electron chi connectivity index (χ2n) is 5.58. The van der Waals surface area contributed by atoms with Crippen molar-refractivity contribution >= 4 is 5.96 Å². The molecule has 1 aliphatic carbocycles. The van der Waals surface area contributed by atoms with E-state index in [9.17, 15) is 0 Å². The summed E-state index contributed by atoms with van der Waals surface area (Å²) in [4.78, 5) is 4.35. The highest BCUT2D eigenvalue weighted by atomic mass is 16.5. The van der Waals surface area contributed by atoms with Crippen molar-refractivity contribution in [1.82, 2.24) is 5.32 Å². The van der Waals surface area contributed by atoms with E-state index in [1.165, 1.54) is 38.5 Å². The molecule has 0 aromatic rings. The number of nitrogens with one attached hydrogen (secondary N) is 1. The maximum Gasteiger partial charge on any atom is 0.188 e. The Kier molecular flexibility index (Phi) is 5.78. The molecule has 0 bridgehead atoms. The summed E-state index contributed by atoms with van der Waals surface area (Å²) in [6.45, 7) is 2.56. The van der Waals surface area contributed by atoms with Crippen molar-refractivity contribution in [3.63, 3.8) is 0 Å². The van der Waals surface area contributed by atoms with Gasteiger partial charge in [0.2, 0.25) is 0 Å². The maximum absolute atomic E-state index is 5.85. The first-order chi connectivity index (χ1) is 8.84. The fourth-order valence-corrected chi connectivity index (χ4v) is 2.92. The maximum atomic E-state index is 5.85. The molecule has 1 saturated carbocycles.